The SMILES string of the molecule is Cn1cc(NC(=O)c2sc3ncccc3c2N)cn1. The number of aryl methyl sites for hydroxylation is 1. The molecule has 0 aliphatic heterocycles. The summed E-state index contributed by atoms with van der Waals surface area (Å²) in [6, 6.07) is 3.66. The molecule has 0 spiro atoms. The van der Waals surface area contributed by atoms with Crippen LogP contribution in [0.5, 0.6) is 0 Å². The highest BCUT2D eigenvalue weighted by Gasteiger charge is 2.17. The number of nitrogens with two attached hydrogens (primary N) is 1. The van der Waals surface area contributed by atoms with Crippen LogP contribution in [0.25, 0.3) is 10.2 Å². The number of nitrogens with zero attached hydrogens (tertiary/aromatic N) is 3. The second kappa shape index (κ2) is 4.36. The summed E-state index contributed by atoms with van der Waals surface area (Å²) in [5, 5.41) is 7.56. The number of hydrogen-bond donors (Lipinski definition) is 2. The number of amides is 1. The Morgan fingerprint density at radius 1 is 1.53 bits per heavy atom. The Hall–Kier alpha value is -2.41. The third-order valence-corrected chi connectivity index (χ3v) is 3.80. The smallest absolute Gasteiger partial charge is 0.268 e. The van der Waals surface area contributed by atoms with Gasteiger partial charge >= 0.3 is 0 Å². The summed E-state index contributed by atoms with van der Waals surface area (Å²) in [6.45, 7) is 0. The number of rotatable bonds is 2. The molecule has 0 fully saturated rings. The minimum atomic E-state index is -0.242. The van der Waals surface area contributed by atoms with E-state index in [-0.39, 0.29) is 5.91 Å². The van der Waals surface area contributed by atoms with Gasteiger partial charge in [0, 0.05) is 24.8 Å². The number of carbonyl (C=O) groups excluding carboxylic acids is 1. The van der Waals surface area contributed by atoms with E-state index in [1.54, 1.807) is 36.4 Å². The van der Waals surface area contributed by atoms with Crippen molar-refractivity contribution in [2.45, 2.75) is 0 Å². The fourth-order valence-corrected chi connectivity index (χ4v) is 2.75. The van der Waals surface area contributed by atoms with Gasteiger partial charge in [-0.25, -0.2) is 4.98 Å². The van der Waals surface area contributed by atoms with Gasteiger partial charge in [-0.15, -0.1) is 11.3 Å². The van der Waals surface area contributed by atoms with Crippen molar-refractivity contribution in [3.8, 4) is 0 Å². The van der Waals surface area contributed by atoms with E-state index in [2.05, 4.69) is 15.4 Å². The highest BCUT2D eigenvalue weighted by atomic mass is 32.1. The van der Waals surface area contributed by atoms with Crippen LogP contribution in [0.4, 0.5) is 11.4 Å². The molecule has 3 rings (SSSR count). The number of nitrogen functional groups attached to an aromatic ring is 1. The molecule has 0 bridgehead atoms. The standard InChI is InChI=1S/C12H11N5OS/c1-17-6-7(5-15-17)16-11(18)10-9(13)8-3-2-4-14-12(8)19-10/h2-6H,13H2,1H3,(H,16,18). The third-order valence-electron chi connectivity index (χ3n) is 2.67. The predicted octanol–water partition coefficient (Wildman–Crippen LogP) is 1.86. The van der Waals surface area contributed by atoms with Gasteiger partial charge in [-0.2, -0.15) is 5.10 Å². The molecule has 1 amide bonds. The van der Waals surface area contributed by atoms with Crippen LogP contribution in [0.3, 0.4) is 0 Å². The Kier molecular flexibility index (Phi) is 2.68. The molecule has 0 aromatic carbocycles. The summed E-state index contributed by atoms with van der Waals surface area (Å²) < 4.78 is 1.62. The van der Waals surface area contributed by atoms with Crippen LogP contribution < -0.4 is 11.1 Å². The number of thiophene rings is 1. The summed E-state index contributed by atoms with van der Waals surface area (Å²) in [4.78, 5) is 17.6. The molecule has 3 N–H and O–H groups in total. The number of pyridine rings is 1. The Bertz CT molecular complexity index is 760. The molecule has 96 valence electrons. The van der Waals surface area contributed by atoms with Crippen LogP contribution in [0.15, 0.2) is 30.7 Å². The highest BCUT2D eigenvalue weighted by Crippen LogP contribution is 2.32. The first-order valence-corrected chi connectivity index (χ1v) is 6.40. The largest absolute Gasteiger partial charge is 0.397 e. The second-order valence-electron chi connectivity index (χ2n) is 4.06. The van der Waals surface area contributed by atoms with E-state index < -0.39 is 0 Å². The van der Waals surface area contributed by atoms with Crippen molar-refractivity contribution >= 4 is 38.8 Å². The zero-order valence-electron chi connectivity index (χ0n) is 10.1. The van der Waals surface area contributed by atoms with E-state index in [1.807, 2.05) is 6.07 Å². The molecular formula is C12H11N5OS. The molecule has 0 unspecified atom stereocenters. The van der Waals surface area contributed by atoms with Crippen LogP contribution >= 0.6 is 11.3 Å². The maximum absolute atomic E-state index is 12.2. The summed E-state index contributed by atoms with van der Waals surface area (Å²) in [5.74, 6) is -0.242. The average molecular weight is 273 g/mol. The maximum Gasteiger partial charge on any atom is 0.268 e. The lowest BCUT2D eigenvalue weighted by Crippen LogP contribution is -2.11. The van der Waals surface area contributed by atoms with Gasteiger partial charge in [0.05, 0.1) is 17.6 Å². The van der Waals surface area contributed by atoms with Crippen LogP contribution in [-0.4, -0.2) is 20.7 Å². The summed E-state index contributed by atoms with van der Waals surface area (Å²) in [7, 11) is 1.79. The van der Waals surface area contributed by atoms with Crippen molar-refractivity contribution in [3.05, 3.63) is 35.6 Å². The Morgan fingerprint density at radius 2 is 2.37 bits per heavy atom. The lowest BCUT2D eigenvalue weighted by atomic mass is 10.2. The predicted molar refractivity (Wildman–Crippen MR) is 75.2 cm³/mol. The number of hydrogen-bond acceptors (Lipinski definition) is 5. The molecule has 7 heteroatoms. The lowest BCUT2D eigenvalue weighted by Gasteiger charge is -2.00. The van der Waals surface area contributed by atoms with Gasteiger partial charge in [0.2, 0.25) is 0 Å². The fourth-order valence-electron chi connectivity index (χ4n) is 1.79. The average Bonchev–Trinajstić information content (AvgIpc) is 2.94. The number of nitrogens with one attached hydrogen (secondary N) is 1. The van der Waals surface area contributed by atoms with E-state index in [9.17, 15) is 4.79 Å². The molecule has 0 radical (unpaired) electrons. The Morgan fingerprint density at radius 3 is 3.05 bits per heavy atom. The normalized spacial score (nSPS) is 10.8. The van der Waals surface area contributed by atoms with E-state index in [4.69, 9.17) is 5.73 Å². The number of carbonyl (C=O) groups is 1. The minimum absolute atomic E-state index is 0.242. The van der Waals surface area contributed by atoms with Gasteiger partial charge in [-0.3, -0.25) is 9.48 Å². The molecule has 3 aromatic heterocycles. The first-order chi connectivity index (χ1) is 9.15. The molecule has 0 atom stereocenters. The van der Waals surface area contributed by atoms with Crippen LogP contribution in [0.2, 0.25) is 0 Å². The molecular weight excluding hydrogens is 262 g/mol. The van der Waals surface area contributed by atoms with E-state index in [0.29, 0.717) is 16.3 Å². The van der Waals surface area contributed by atoms with Gasteiger partial charge in [-0.1, -0.05) is 0 Å². The second-order valence-corrected chi connectivity index (χ2v) is 5.06. The number of fused-ring (bicyclic) bond motifs is 1. The summed E-state index contributed by atoms with van der Waals surface area (Å²) in [6.07, 6.45) is 4.99. The first-order valence-electron chi connectivity index (χ1n) is 5.58. The monoisotopic (exact) mass is 273 g/mol. The summed E-state index contributed by atoms with van der Waals surface area (Å²) >= 11 is 1.28. The van der Waals surface area contributed by atoms with Gasteiger partial charge in [-0.05, 0) is 12.1 Å². The molecule has 0 saturated heterocycles. The lowest BCUT2D eigenvalue weighted by molar-refractivity contribution is 0.103. The molecule has 0 aliphatic rings. The molecule has 6 nitrogen and oxygen atoms in total. The third kappa shape index (κ3) is 2.04. The van der Waals surface area contributed by atoms with Crippen molar-refractivity contribution in [2.24, 2.45) is 7.05 Å². The first kappa shape index (κ1) is 11.7. The minimum Gasteiger partial charge on any atom is -0.397 e. The van der Waals surface area contributed by atoms with Crippen LogP contribution in [-0.2, 0) is 7.05 Å². The van der Waals surface area contributed by atoms with Crippen molar-refractivity contribution < 1.29 is 4.79 Å². The number of anilines is 2. The van der Waals surface area contributed by atoms with Gasteiger partial charge in [0.1, 0.15) is 9.71 Å². The zero-order valence-corrected chi connectivity index (χ0v) is 10.9. The molecule has 3 heterocycles. The van der Waals surface area contributed by atoms with Crippen molar-refractivity contribution in [1.29, 1.82) is 0 Å². The van der Waals surface area contributed by atoms with Gasteiger partial charge < -0.3 is 11.1 Å². The van der Waals surface area contributed by atoms with Crippen LogP contribution in [0.1, 0.15) is 9.67 Å². The molecule has 19 heavy (non-hydrogen) atoms. The topological polar surface area (TPSA) is 85.8 Å². The van der Waals surface area contributed by atoms with Crippen molar-refractivity contribution in [1.82, 2.24) is 14.8 Å². The van der Waals surface area contributed by atoms with Gasteiger partial charge in [0.15, 0.2) is 0 Å². The van der Waals surface area contributed by atoms with Crippen molar-refractivity contribution in [2.75, 3.05) is 11.1 Å². The maximum atomic E-state index is 12.2. The number of aromatic nitrogens is 3. The Balaban J connectivity index is 1.95. The van der Waals surface area contributed by atoms with Gasteiger partial charge in [0.25, 0.3) is 5.91 Å². The molecule has 0 saturated carbocycles. The molecule has 3 aromatic rings. The van der Waals surface area contributed by atoms with Crippen molar-refractivity contribution in [3.63, 3.8) is 0 Å². The quantitative estimate of drug-likeness (QED) is 0.746. The zero-order chi connectivity index (χ0) is 13.4. The van der Waals surface area contributed by atoms with Crippen LogP contribution in [0, 0.1) is 0 Å². The molecule has 0 aliphatic carbocycles. The fraction of sp³-hybridized carbons (Fsp3) is 0.0833. The van der Waals surface area contributed by atoms with E-state index in [0.717, 1.165) is 10.2 Å². The summed E-state index contributed by atoms with van der Waals surface area (Å²) in [5.41, 5.74) is 7.09. The highest BCUT2D eigenvalue weighted by molar-refractivity contribution is 7.21. The van der Waals surface area contributed by atoms with E-state index in [1.165, 1.54) is 11.3 Å². The van der Waals surface area contributed by atoms with E-state index >= 15 is 0 Å². The Labute approximate surface area is 112 Å².